The third-order valence-electron chi connectivity index (χ3n) is 5.08. The highest BCUT2D eigenvalue weighted by atomic mass is 35.5. The first-order valence-electron chi connectivity index (χ1n) is 14.8. The van der Waals surface area contributed by atoms with Crippen molar-refractivity contribution in [1.29, 1.82) is 0 Å². The second-order valence-corrected chi connectivity index (χ2v) is 8.86. The van der Waals surface area contributed by atoms with E-state index in [0.29, 0.717) is 145 Å². The molecule has 0 fully saturated rings. The lowest BCUT2D eigenvalue weighted by atomic mass is 10.2. The topological polar surface area (TPSA) is 102 Å². The Balaban J connectivity index is 3.01. The summed E-state index contributed by atoms with van der Waals surface area (Å²) >= 11 is 5.51. The molecule has 0 radical (unpaired) electrons. The molecule has 0 amide bonds. The molecule has 0 aromatic heterocycles. The summed E-state index contributed by atoms with van der Waals surface area (Å²) in [5.41, 5.74) is 0. The summed E-state index contributed by atoms with van der Waals surface area (Å²) < 4.78 is 59.8. The van der Waals surface area contributed by atoms with E-state index in [0.717, 1.165) is 13.0 Å². The van der Waals surface area contributed by atoms with Crippen LogP contribution < -0.4 is 0 Å². The minimum atomic E-state index is 0.501. The Morgan fingerprint density at radius 3 is 0.725 bits per heavy atom. The number of rotatable bonds is 37. The normalized spacial score (nSPS) is 11.6. The van der Waals surface area contributed by atoms with Gasteiger partial charge in [0.25, 0.3) is 0 Å². The largest absolute Gasteiger partial charge is 0.379 e. The van der Waals surface area contributed by atoms with Gasteiger partial charge in [-0.3, -0.25) is 0 Å². The van der Waals surface area contributed by atoms with Gasteiger partial charge in [0.05, 0.1) is 139 Å². The summed E-state index contributed by atoms with van der Waals surface area (Å²) in [5.74, 6) is 0.501. The molecule has 0 aliphatic rings. The van der Waals surface area contributed by atoms with Gasteiger partial charge in [0.2, 0.25) is 0 Å². The molecule has 0 bridgehead atoms. The van der Waals surface area contributed by atoms with Gasteiger partial charge in [-0.25, -0.2) is 0 Å². The van der Waals surface area contributed by atoms with Crippen LogP contribution in [0.1, 0.15) is 32.6 Å². The average molecular weight is 605 g/mol. The number of hydrogen-bond donors (Lipinski definition) is 0. The number of ether oxygens (including phenoxy) is 11. The quantitative estimate of drug-likeness (QED) is 0.0772. The van der Waals surface area contributed by atoms with Crippen LogP contribution >= 0.6 is 11.6 Å². The Morgan fingerprint density at radius 2 is 0.500 bits per heavy atom. The minimum Gasteiger partial charge on any atom is -0.379 e. The van der Waals surface area contributed by atoms with E-state index in [1.165, 1.54) is 19.3 Å². The lowest BCUT2D eigenvalue weighted by Crippen LogP contribution is -2.15. The second kappa shape index (κ2) is 38.9. The van der Waals surface area contributed by atoms with E-state index < -0.39 is 0 Å². The van der Waals surface area contributed by atoms with Gasteiger partial charge in [0.15, 0.2) is 0 Å². The summed E-state index contributed by atoms with van der Waals surface area (Å²) in [6.07, 6.45) is 4.90. The number of hydrogen-bond acceptors (Lipinski definition) is 11. The molecule has 0 N–H and O–H groups in total. The van der Waals surface area contributed by atoms with Crippen molar-refractivity contribution in [2.45, 2.75) is 32.6 Å². The highest BCUT2D eigenvalue weighted by Gasteiger charge is 1.96. The molecule has 0 aromatic carbocycles. The highest BCUT2D eigenvalue weighted by Crippen LogP contribution is 1.98. The van der Waals surface area contributed by atoms with E-state index in [-0.39, 0.29) is 0 Å². The Morgan fingerprint density at radius 1 is 0.275 bits per heavy atom. The SMILES string of the molecule is CCCCCCOCCOCCOCCOCCOCCOCCOCCOCCOCCOCCOCCCl. The Hall–Kier alpha value is -0.150. The predicted octanol–water partition coefficient (Wildman–Crippen LogP) is 2.99. The molecule has 0 heterocycles. The lowest BCUT2D eigenvalue weighted by molar-refractivity contribution is -0.0274. The lowest BCUT2D eigenvalue weighted by Gasteiger charge is -2.09. The van der Waals surface area contributed by atoms with Crippen molar-refractivity contribution in [2.24, 2.45) is 0 Å². The summed E-state index contributed by atoms with van der Waals surface area (Å²) in [6, 6.07) is 0. The van der Waals surface area contributed by atoms with Gasteiger partial charge in [0.1, 0.15) is 0 Å². The molecular weight excluding hydrogens is 548 g/mol. The minimum absolute atomic E-state index is 0.501. The molecule has 0 rings (SSSR count). The van der Waals surface area contributed by atoms with E-state index in [2.05, 4.69) is 6.92 Å². The van der Waals surface area contributed by atoms with E-state index >= 15 is 0 Å². The van der Waals surface area contributed by atoms with Gasteiger partial charge in [-0.05, 0) is 6.42 Å². The fourth-order valence-electron chi connectivity index (χ4n) is 2.99. The van der Waals surface area contributed by atoms with Crippen molar-refractivity contribution in [2.75, 3.05) is 151 Å². The second-order valence-electron chi connectivity index (χ2n) is 8.49. The van der Waals surface area contributed by atoms with Gasteiger partial charge < -0.3 is 52.1 Å². The standard InChI is InChI=1S/C28H57ClO11/c1-2-3-4-5-7-30-9-11-32-13-15-34-17-19-36-21-23-38-25-27-40-28-26-39-24-22-37-20-18-35-16-14-33-12-10-31-8-6-29/h2-28H2,1H3. The van der Waals surface area contributed by atoms with Crippen molar-refractivity contribution in [3.05, 3.63) is 0 Å². The predicted molar refractivity (Wildman–Crippen MR) is 154 cm³/mol. The molecule has 0 unspecified atom stereocenters. The molecule has 242 valence electrons. The highest BCUT2D eigenvalue weighted by molar-refractivity contribution is 6.17. The van der Waals surface area contributed by atoms with Crippen LogP contribution in [0.3, 0.4) is 0 Å². The number of halogens is 1. The molecular formula is C28H57ClO11. The van der Waals surface area contributed by atoms with Crippen molar-refractivity contribution in [3.8, 4) is 0 Å². The zero-order valence-electron chi connectivity index (χ0n) is 25.0. The molecule has 0 aliphatic heterocycles. The van der Waals surface area contributed by atoms with Crippen LogP contribution in [0.4, 0.5) is 0 Å². The smallest absolute Gasteiger partial charge is 0.0701 e. The van der Waals surface area contributed by atoms with Crippen LogP contribution in [0.15, 0.2) is 0 Å². The van der Waals surface area contributed by atoms with Gasteiger partial charge in [-0.2, -0.15) is 0 Å². The van der Waals surface area contributed by atoms with Crippen molar-refractivity contribution in [1.82, 2.24) is 0 Å². The maximum atomic E-state index is 5.52. The Labute approximate surface area is 247 Å². The molecule has 12 heteroatoms. The van der Waals surface area contributed by atoms with E-state index in [1.807, 2.05) is 0 Å². The van der Waals surface area contributed by atoms with Gasteiger partial charge in [-0.1, -0.05) is 26.2 Å². The fraction of sp³-hybridized carbons (Fsp3) is 1.00. The van der Waals surface area contributed by atoms with Crippen LogP contribution in [0.2, 0.25) is 0 Å². The molecule has 0 saturated carbocycles. The fourth-order valence-corrected chi connectivity index (χ4v) is 3.10. The summed E-state index contributed by atoms with van der Waals surface area (Å²) in [4.78, 5) is 0. The average Bonchev–Trinajstić information content (AvgIpc) is 2.97. The van der Waals surface area contributed by atoms with Gasteiger partial charge >= 0.3 is 0 Å². The van der Waals surface area contributed by atoms with E-state index in [9.17, 15) is 0 Å². The zero-order chi connectivity index (χ0) is 28.9. The first kappa shape index (κ1) is 39.8. The van der Waals surface area contributed by atoms with E-state index in [4.69, 9.17) is 63.7 Å². The number of alkyl halides is 1. The Kier molecular flexibility index (Phi) is 38.7. The van der Waals surface area contributed by atoms with Crippen molar-refractivity contribution < 1.29 is 52.1 Å². The first-order valence-corrected chi connectivity index (χ1v) is 15.4. The first-order chi connectivity index (χ1) is 19.9. The van der Waals surface area contributed by atoms with Crippen LogP contribution in [0, 0.1) is 0 Å². The Bertz CT molecular complexity index is 401. The summed E-state index contributed by atoms with van der Waals surface area (Å²) in [6.45, 7) is 14.5. The third kappa shape index (κ3) is 37.9. The van der Waals surface area contributed by atoms with Gasteiger partial charge in [-0.15, -0.1) is 11.6 Å². The third-order valence-corrected chi connectivity index (χ3v) is 5.24. The van der Waals surface area contributed by atoms with Gasteiger partial charge in [0, 0.05) is 12.5 Å². The summed E-state index contributed by atoms with van der Waals surface area (Å²) in [7, 11) is 0. The number of unbranched alkanes of at least 4 members (excludes halogenated alkanes) is 3. The maximum Gasteiger partial charge on any atom is 0.0701 e. The monoisotopic (exact) mass is 604 g/mol. The van der Waals surface area contributed by atoms with Crippen molar-refractivity contribution in [3.63, 3.8) is 0 Å². The summed E-state index contributed by atoms with van der Waals surface area (Å²) in [5, 5.41) is 0. The molecule has 40 heavy (non-hydrogen) atoms. The molecule has 0 aliphatic carbocycles. The van der Waals surface area contributed by atoms with Crippen LogP contribution in [0.25, 0.3) is 0 Å². The van der Waals surface area contributed by atoms with E-state index in [1.54, 1.807) is 0 Å². The molecule has 0 aromatic rings. The maximum absolute atomic E-state index is 5.52. The van der Waals surface area contributed by atoms with Crippen LogP contribution in [-0.2, 0) is 52.1 Å². The van der Waals surface area contributed by atoms with Crippen LogP contribution in [-0.4, -0.2) is 151 Å². The van der Waals surface area contributed by atoms with Crippen molar-refractivity contribution >= 4 is 11.6 Å². The van der Waals surface area contributed by atoms with Crippen LogP contribution in [0.5, 0.6) is 0 Å². The molecule has 0 saturated heterocycles. The zero-order valence-corrected chi connectivity index (χ0v) is 25.7. The molecule has 0 spiro atoms. The molecule has 0 atom stereocenters. The molecule has 11 nitrogen and oxygen atoms in total.